The standard InChI is InChI=1S/C11H22N2O3/c1-5-6-11(4,12)10(16)13-8(3)7(2)9(14)15/h7-8H,5-6,12H2,1-4H3,(H,13,16)(H,14,15). The number of carbonyl (C=O) groups excluding carboxylic acids is 1. The van der Waals surface area contributed by atoms with Crippen molar-refractivity contribution in [3.05, 3.63) is 0 Å². The van der Waals surface area contributed by atoms with E-state index < -0.39 is 23.5 Å². The summed E-state index contributed by atoms with van der Waals surface area (Å²) in [4.78, 5) is 22.5. The Morgan fingerprint density at radius 2 is 1.94 bits per heavy atom. The van der Waals surface area contributed by atoms with E-state index in [1.807, 2.05) is 6.92 Å². The maximum atomic E-state index is 11.8. The minimum absolute atomic E-state index is 0.296. The predicted molar refractivity (Wildman–Crippen MR) is 61.9 cm³/mol. The highest BCUT2D eigenvalue weighted by atomic mass is 16.4. The molecule has 5 nitrogen and oxygen atoms in total. The van der Waals surface area contributed by atoms with Crippen LogP contribution in [0.4, 0.5) is 0 Å². The first-order chi connectivity index (χ1) is 7.22. The molecule has 16 heavy (non-hydrogen) atoms. The molecule has 0 spiro atoms. The second-order valence-electron chi connectivity index (χ2n) is 4.56. The number of rotatable bonds is 6. The lowest BCUT2D eigenvalue weighted by molar-refractivity contribution is -0.142. The number of nitrogens with one attached hydrogen (secondary N) is 1. The van der Waals surface area contributed by atoms with Crippen LogP contribution in [0.5, 0.6) is 0 Å². The van der Waals surface area contributed by atoms with Crippen molar-refractivity contribution < 1.29 is 14.7 Å². The molecule has 0 rings (SSSR count). The molecule has 4 N–H and O–H groups in total. The number of hydrogen-bond donors (Lipinski definition) is 3. The van der Waals surface area contributed by atoms with Gasteiger partial charge in [0.05, 0.1) is 11.5 Å². The van der Waals surface area contributed by atoms with E-state index in [2.05, 4.69) is 5.32 Å². The molecule has 0 aromatic carbocycles. The summed E-state index contributed by atoms with van der Waals surface area (Å²) in [5.41, 5.74) is 4.91. The second-order valence-corrected chi connectivity index (χ2v) is 4.56. The van der Waals surface area contributed by atoms with Crippen molar-refractivity contribution in [3.63, 3.8) is 0 Å². The Balaban J connectivity index is 4.39. The highest BCUT2D eigenvalue weighted by molar-refractivity contribution is 5.86. The lowest BCUT2D eigenvalue weighted by atomic mass is 9.95. The molecule has 0 radical (unpaired) electrons. The topological polar surface area (TPSA) is 92.4 Å². The maximum absolute atomic E-state index is 11.8. The van der Waals surface area contributed by atoms with Crippen molar-refractivity contribution >= 4 is 11.9 Å². The van der Waals surface area contributed by atoms with Crippen LogP contribution in [0.2, 0.25) is 0 Å². The third-order valence-electron chi connectivity index (χ3n) is 2.79. The van der Waals surface area contributed by atoms with Gasteiger partial charge in [0.1, 0.15) is 0 Å². The van der Waals surface area contributed by atoms with Crippen LogP contribution in [0.1, 0.15) is 40.5 Å². The van der Waals surface area contributed by atoms with E-state index >= 15 is 0 Å². The first-order valence-corrected chi connectivity index (χ1v) is 5.55. The summed E-state index contributed by atoms with van der Waals surface area (Å²) in [6, 6.07) is -0.426. The van der Waals surface area contributed by atoms with Crippen LogP contribution in [0, 0.1) is 5.92 Å². The number of carboxylic acid groups (broad SMARTS) is 1. The molecule has 3 unspecified atom stereocenters. The maximum Gasteiger partial charge on any atom is 0.308 e. The van der Waals surface area contributed by atoms with Crippen molar-refractivity contribution in [2.24, 2.45) is 11.7 Å². The van der Waals surface area contributed by atoms with Crippen molar-refractivity contribution in [1.82, 2.24) is 5.32 Å². The molecule has 1 amide bonds. The summed E-state index contributed by atoms with van der Waals surface area (Å²) in [6.07, 6.45) is 1.39. The Morgan fingerprint density at radius 3 is 2.31 bits per heavy atom. The Hall–Kier alpha value is -1.10. The molecular weight excluding hydrogens is 208 g/mol. The van der Waals surface area contributed by atoms with E-state index in [1.165, 1.54) is 0 Å². The van der Waals surface area contributed by atoms with Crippen molar-refractivity contribution in [3.8, 4) is 0 Å². The molecule has 3 atom stereocenters. The lowest BCUT2D eigenvalue weighted by Gasteiger charge is -2.26. The normalized spacial score (nSPS) is 18.3. The average molecular weight is 230 g/mol. The van der Waals surface area contributed by atoms with Gasteiger partial charge in [-0.15, -0.1) is 0 Å². The third-order valence-corrected chi connectivity index (χ3v) is 2.79. The molecule has 0 saturated carbocycles. The van der Waals surface area contributed by atoms with Crippen LogP contribution in [0.3, 0.4) is 0 Å². The van der Waals surface area contributed by atoms with Gasteiger partial charge in [-0.25, -0.2) is 0 Å². The summed E-state index contributed by atoms with van der Waals surface area (Å²) in [6.45, 7) is 6.82. The fourth-order valence-corrected chi connectivity index (χ4v) is 1.34. The van der Waals surface area contributed by atoms with Gasteiger partial charge in [0.15, 0.2) is 0 Å². The third kappa shape index (κ3) is 4.18. The highest BCUT2D eigenvalue weighted by Gasteiger charge is 2.30. The van der Waals surface area contributed by atoms with Crippen LogP contribution < -0.4 is 11.1 Å². The lowest BCUT2D eigenvalue weighted by Crippen LogP contribution is -2.55. The Kier molecular flexibility index (Phi) is 5.44. The zero-order valence-electron chi connectivity index (χ0n) is 10.4. The number of carbonyl (C=O) groups is 2. The zero-order chi connectivity index (χ0) is 12.9. The molecule has 0 aromatic rings. The largest absolute Gasteiger partial charge is 0.481 e. The van der Waals surface area contributed by atoms with E-state index in [4.69, 9.17) is 10.8 Å². The zero-order valence-corrected chi connectivity index (χ0v) is 10.4. The summed E-state index contributed by atoms with van der Waals surface area (Å²) in [5.74, 6) is -1.85. The van der Waals surface area contributed by atoms with E-state index in [1.54, 1.807) is 20.8 Å². The first kappa shape index (κ1) is 14.9. The molecular formula is C11H22N2O3. The number of carboxylic acids is 1. The second kappa shape index (κ2) is 5.84. The highest BCUT2D eigenvalue weighted by Crippen LogP contribution is 2.10. The molecule has 0 aliphatic rings. The number of amides is 1. The average Bonchev–Trinajstić information content (AvgIpc) is 2.15. The fraction of sp³-hybridized carbons (Fsp3) is 0.818. The molecule has 0 fully saturated rings. The van der Waals surface area contributed by atoms with Gasteiger partial charge in [0.2, 0.25) is 5.91 Å². The van der Waals surface area contributed by atoms with Gasteiger partial charge in [0.25, 0.3) is 0 Å². The minimum Gasteiger partial charge on any atom is -0.481 e. The summed E-state index contributed by atoms with van der Waals surface area (Å²) < 4.78 is 0. The molecule has 5 heteroatoms. The van der Waals surface area contributed by atoms with Crippen LogP contribution in [-0.4, -0.2) is 28.6 Å². The molecule has 0 saturated heterocycles. The van der Waals surface area contributed by atoms with Crippen LogP contribution >= 0.6 is 0 Å². The fourth-order valence-electron chi connectivity index (χ4n) is 1.34. The van der Waals surface area contributed by atoms with Gasteiger partial charge in [-0.2, -0.15) is 0 Å². The molecule has 0 aliphatic heterocycles. The van der Waals surface area contributed by atoms with Crippen LogP contribution in [-0.2, 0) is 9.59 Å². The van der Waals surface area contributed by atoms with Crippen molar-refractivity contribution in [2.45, 2.75) is 52.1 Å². The van der Waals surface area contributed by atoms with E-state index in [9.17, 15) is 9.59 Å². The van der Waals surface area contributed by atoms with Gasteiger partial charge in [-0.1, -0.05) is 13.3 Å². The summed E-state index contributed by atoms with van der Waals surface area (Å²) >= 11 is 0. The monoisotopic (exact) mass is 230 g/mol. The van der Waals surface area contributed by atoms with Gasteiger partial charge in [-0.05, 0) is 27.2 Å². The Labute approximate surface area is 96.4 Å². The Bertz CT molecular complexity index is 264. The number of aliphatic carboxylic acids is 1. The van der Waals surface area contributed by atoms with E-state index in [0.29, 0.717) is 6.42 Å². The van der Waals surface area contributed by atoms with Crippen LogP contribution in [0.15, 0.2) is 0 Å². The first-order valence-electron chi connectivity index (χ1n) is 5.55. The molecule has 0 heterocycles. The summed E-state index contributed by atoms with van der Waals surface area (Å²) in [7, 11) is 0. The van der Waals surface area contributed by atoms with E-state index in [-0.39, 0.29) is 5.91 Å². The minimum atomic E-state index is -0.929. The van der Waals surface area contributed by atoms with Gasteiger partial charge >= 0.3 is 5.97 Å². The van der Waals surface area contributed by atoms with Crippen LogP contribution in [0.25, 0.3) is 0 Å². The van der Waals surface area contributed by atoms with Gasteiger partial charge in [0, 0.05) is 6.04 Å². The smallest absolute Gasteiger partial charge is 0.308 e. The number of nitrogens with two attached hydrogens (primary N) is 1. The van der Waals surface area contributed by atoms with Crippen molar-refractivity contribution in [1.29, 1.82) is 0 Å². The van der Waals surface area contributed by atoms with Crippen molar-refractivity contribution in [2.75, 3.05) is 0 Å². The molecule has 0 aromatic heterocycles. The summed E-state index contributed by atoms with van der Waals surface area (Å²) in [5, 5.41) is 11.4. The van der Waals surface area contributed by atoms with E-state index in [0.717, 1.165) is 6.42 Å². The van der Waals surface area contributed by atoms with Gasteiger partial charge in [-0.3, -0.25) is 9.59 Å². The molecule has 94 valence electrons. The van der Waals surface area contributed by atoms with Gasteiger partial charge < -0.3 is 16.2 Å². The number of hydrogen-bond acceptors (Lipinski definition) is 3. The SMILES string of the molecule is CCCC(C)(N)C(=O)NC(C)C(C)C(=O)O. The molecule has 0 bridgehead atoms. The molecule has 0 aliphatic carbocycles. The Morgan fingerprint density at radius 1 is 1.44 bits per heavy atom. The quantitative estimate of drug-likeness (QED) is 0.627. The predicted octanol–water partition coefficient (Wildman–Crippen LogP) is 0.729.